The zero-order valence-corrected chi connectivity index (χ0v) is 20.0. The van der Waals surface area contributed by atoms with Gasteiger partial charge in [-0.2, -0.15) is 0 Å². The molecule has 0 aliphatic carbocycles. The average Bonchev–Trinajstić information content (AvgIpc) is 2.85. The first-order valence-corrected chi connectivity index (χ1v) is 11.9. The molecule has 174 valence electrons. The van der Waals surface area contributed by atoms with Gasteiger partial charge in [0.1, 0.15) is 12.6 Å². The second kappa shape index (κ2) is 14.5. The van der Waals surface area contributed by atoms with Crippen LogP contribution in [-0.4, -0.2) is 44.5 Å². The van der Waals surface area contributed by atoms with E-state index < -0.39 is 0 Å². The number of allylic oxidation sites excluding steroid dienone is 1. The van der Waals surface area contributed by atoms with Crippen LogP contribution in [0.15, 0.2) is 35.9 Å². The molecule has 1 aliphatic rings. The van der Waals surface area contributed by atoms with Crippen molar-refractivity contribution in [3.8, 4) is 0 Å². The lowest BCUT2D eigenvalue weighted by Gasteiger charge is -2.24. The number of carbonyl (C=O) groups excluding carboxylic acids is 1. The molecule has 1 aromatic rings. The van der Waals surface area contributed by atoms with Crippen molar-refractivity contribution in [2.45, 2.75) is 71.5 Å². The van der Waals surface area contributed by atoms with Crippen LogP contribution in [0, 0.1) is 5.92 Å². The molecule has 31 heavy (non-hydrogen) atoms. The summed E-state index contributed by atoms with van der Waals surface area (Å²) >= 11 is 5.90. The van der Waals surface area contributed by atoms with Crippen molar-refractivity contribution in [1.29, 1.82) is 0 Å². The summed E-state index contributed by atoms with van der Waals surface area (Å²) < 4.78 is 17.8. The lowest BCUT2D eigenvalue weighted by atomic mass is 9.97. The molecule has 1 fully saturated rings. The summed E-state index contributed by atoms with van der Waals surface area (Å²) in [5.41, 5.74) is 2.16. The predicted molar refractivity (Wildman–Crippen MR) is 127 cm³/mol. The number of anilines is 1. The number of carbonyl (C=O) groups is 1. The van der Waals surface area contributed by atoms with Gasteiger partial charge >= 0.3 is 5.97 Å². The zero-order valence-electron chi connectivity index (χ0n) is 19.2. The van der Waals surface area contributed by atoms with E-state index in [1.165, 1.54) is 5.57 Å². The number of halogens is 1. The third kappa shape index (κ3) is 11.0. The van der Waals surface area contributed by atoms with Crippen LogP contribution in [0.25, 0.3) is 0 Å². The first-order valence-electron chi connectivity index (χ1n) is 11.5. The van der Waals surface area contributed by atoms with Gasteiger partial charge in [0, 0.05) is 30.5 Å². The van der Waals surface area contributed by atoms with Crippen molar-refractivity contribution in [3.63, 3.8) is 0 Å². The lowest BCUT2D eigenvalue weighted by molar-refractivity contribution is -0.148. The Hall–Kier alpha value is -1.56. The molecular weight excluding hydrogens is 414 g/mol. The van der Waals surface area contributed by atoms with E-state index in [-0.39, 0.29) is 24.7 Å². The van der Waals surface area contributed by atoms with E-state index in [1.807, 2.05) is 12.1 Å². The molecule has 0 unspecified atom stereocenters. The SMILES string of the molecule is CC[C@@H](CC=C(C)C)OC[C@@H]1CCOCCC[C@@H](OC(=O)CNc2ccc(Cl)cc2)C1. The van der Waals surface area contributed by atoms with E-state index in [0.717, 1.165) is 50.8 Å². The maximum absolute atomic E-state index is 12.4. The maximum Gasteiger partial charge on any atom is 0.325 e. The minimum Gasteiger partial charge on any atom is -0.461 e. The molecule has 1 N–H and O–H groups in total. The molecule has 0 aromatic heterocycles. The Balaban J connectivity index is 1.84. The van der Waals surface area contributed by atoms with Crippen molar-refractivity contribution >= 4 is 23.3 Å². The van der Waals surface area contributed by atoms with Gasteiger partial charge in [0.25, 0.3) is 0 Å². The van der Waals surface area contributed by atoms with Crippen molar-refractivity contribution in [2.24, 2.45) is 5.92 Å². The van der Waals surface area contributed by atoms with E-state index in [0.29, 0.717) is 24.2 Å². The molecule has 0 amide bonds. The summed E-state index contributed by atoms with van der Waals surface area (Å²) in [5, 5.41) is 3.76. The first kappa shape index (κ1) is 25.7. The van der Waals surface area contributed by atoms with Crippen molar-refractivity contribution in [1.82, 2.24) is 0 Å². The number of nitrogens with one attached hydrogen (secondary N) is 1. The summed E-state index contributed by atoms with van der Waals surface area (Å²) in [7, 11) is 0. The zero-order chi connectivity index (χ0) is 22.5. The fourth-order valence-corrected chi connectivity index (χ4v) is 3.72. The Morgan fingerprint density at radius 1 is 1.26 bits per heavy atom. The highest BCUT2D eigenvalue weighted by molar-refractivity contribution is 6.30. The standard InChI is InChI=1S/C25H38ClNO4/c1-4-23(12-7-19(2)3)30-18-20-13-15-29-14-5-6-24(16-20)31-25(28)17-27-22-10-8-21(26)9-11-22/h7-11,20,23-24,27H,4-6,12-18H2,1-3H3/t20-,23+,24-/m1/s1. The number of benzene rings is 1. The molecule has 0 spiro atoms. The molecule has 1 aromatic carbocycles. The predicted octanol–water partition coefficient (Wildman–Crippen LogP) is 6.02. The summed E-state index contributed by atoms with van der Waals surface area (Å²) in [6.07, 6.45) is 7.75. The van der Waals surface area contributed by atoms with Crippen LogP contribution in [0.4, 0.5) is 5.69 Å². The number of rotatable bonds is 10. The number of ether oxygens (including phenoxy) is 3. The van der Waals surface area contributed by atoms with Gasteiger partial charge in [-0.05, 0) is 82.6 Å². The molecule has 1 heterocycles. The molecule has 5 nitrogen and oxygen atoms in total. The van der Waals surface area contributed by atoms with E-state index in [2.05, 4.69) is 32.2 Å². The molecule has 2 rings (SSSR count). The summed E-state index contributed by atoms with van der Waals surface area (Å²) in [4.78, 5) is 12.4. The quantitative estimate of drug-likeness (QED) is 0.348. The Morgan fingerprint density at radius 2 is 2.03 bits per heavy atom. The molecule has 1 aliphatic heterocycles. The minimum absolute atomic E-state index is 0.104. The molecule has 0 saturated carbocycles. The smallest absolute Gasteiger partial charge is 0.325 e. The summed E-state index contributed by atoms with van der Waals surface area (Å²) in [6, 6.07) is 7.28. The highest BCUT2D eigenvalue weighted by atomic mass is 35.5. The first-order chi connectivity index (χ1) is 15.0. The van der Waals surface area contributed by atoms with Crippen molar-refractivity contribution in [2.75, 3.05) is 31.7 Å². The highest BCUT2D eigenvalue weighted by Crippen LogP contribution is 2.22. The Morgan fingerprint density at radius 3 is 2.74 bits per heavy atom. The number of hydrogen-bond donors (Lipinski definition) is 1. The molecular formula is C25H38ClNO4. The van der Waals surface area contributed by atoms with Crippen LogP contribution in [0.3, 0.4) is 0 Å². The van der Waals surface area contributed by atoms with Crippen LogP contribution < -0.4 is 5.32 Å². The van der Waals surface area contributed by atoms with Crippen LogP contribution in [0.1, 0.15) is 59.3 Å². The van der Waals surface area contributed by atoms with Gasteiger partial charge < -0.3 is 19.5 Å². The summed E-state index contributed by atoms with van der Waals surface area (Å²) in [6.45, 7) is 8.65. The normalized spacial score (nSPS) is 20.6. The van der Waals surface area contributed by atoms with Gasteiger partial charge in [0.2, 0.25) is 0 Å². The second-order valence-electron chi connectivity index (χ2n) is 8.50. The topological polar surface area (TPSA) is 56.8 Å². The molecule has 0 bridgehead atoms. The number of esters is 1. The van der Waals surface area contributed by atoms with Crippen LogP contribution >= 0.6 is 11.6 Å². The summed E-state index contributed by atoms with van der Waals surface area (Å²) in [5.74, 6) is 0.0793. The largest absolute Gasteiger partial charge is 0.461 e. The van der Waals surface area contributed by atoms with Gasteiger partial charge in [0.05, 0.1) is 6.10 Å². The van der Waals surface area contributed by atoms with E-state index in [1.54, 1.807) is 12.1 Å². The van der Waals surface area contributed by atoms with Crippen LogP contribution in [-0.2, 0) is 19.0 Å². The lowest BCUT2D eigenvalue weighted by Crippen LogP contribution is -2.28. The fourth-order valence-electron chi connectivity index (χ4n) is 3.59. The van der Waals surface area contributed by atoms with Crippen LogP contribution in [0.2, 0.25) is 5.02 Å². The second-order valence-corrected chi connectivity index (χ2v) is 8.93. The molecule has 1 saturated heterocycles. The molecule has 6 heteroatoms. The maximum atomic E-state index is 12.4. The van der Waals surface area contributed by atoms with Crippen molar-refractivity contribution in [3.05, 3.63) is 40.9 Å². The van der Waals surface area contributed by atoms with Gasteiger partial charge in [-0.15, -0.1) is 0 Å². The third-order valence-electron chi connectivity index (χ3n) is 5.47. The third-order valence-corrected chi connectivity index (χ3v) is 5.72. The average molecular weight is 452 g/mol. The fraction of sp³-hybridized carbons (Fsp3) is 0.640. The van der Waals surface area contributed by atoms with E-state index in [4.69, 9.17) is 25.8 Å². The highest BCUT2D eigenvalue weighted by Gasteiger charge is 2.23. The Bertz CT molecular complexity index is 673. The van der Waals surface area contributed by atoms with Gasteiger partial charge in [-0.1, -0.05) is 30.2 Å². The minimum atomic E-state index is -0.241. The Kier molecular flexibility index (Phi) is 12.0. The Labute approximate surface area is 192 Å². The molecule has 3 atom stereocenters. The van der Waals surface area contributed by atoms with E-state index in [9.17, 15) is 4.79 Å². The van der Waals surface area contributed by atoms with Gasteiger partial charge in [-0.3, -0.25) is 4.79 Å². The number of hydrogen-bond acceptors (Lipinski definition) is 5. The van der Waals surface area contributed by atoms with Crippen LogP contribution in [0.5, 0.6) is 0 Å². The monoisotopic (exact) mass is 451 g/mol. The van der Waals surface area contributed by atoms with Crippen molar-refractivity contribution < 1.29 is 19.0 Å². The van der Waals surface area contributed by atoms with E-state index >= 15 is 0 Å². The van der Waals surface area contributed by atoms with Gasteiger partial charge in [-0.25, -0.2) is 0 Å². The van der Waals surface area contributed by atoms with Gasteiger partial charge in [0.15, 0.2) is 0 Å². The molecule has 0 radical (unpaired) electrons.